The lowest BCUT2D eigenvalue weighted by Gasteiger charge is -2.38. The van der Waals surface area contributed by atoms with Gasteiger partial charge in [0.05, 0.1) is 25.9 Å². The molecule has 0 amide bonds. The average Bonchev–Trinajstić information content (AvgIpc) is 2.81. The number of hydrogen-bond acceptors (Lipinski definition) is 4. The van der Waals surface area contributed by atoms with E-state index in [0.29, 0.717) is 13.1 Å². The van der Waals surface area contributed by atoms with E-state index in [1.807, 2.05) is 7.05 Å². The van der Waals surface area contributed by atoms with Gasteiger partial charge in [0.1, 0.15) is 11.9 Å². The van der Waals surface area contributed by atoms with Gasteiger partial charge in [0.2, 0.25) is 0 Å². The predicted molar refractivity (Wildman–Crippen MR) is 124 cm³/mol. The highest BCUT2D eigenvalue weighted by atomic mass is 19.1. The van der Waals surface area contributed by atoms with Crippen LogP contribution in [0.25, 0.3) is 0 Å². The highest BCUT2D eigenvalue weighted by molar-refractivity contribution is 5.80. The minimum absolute atomic E-state index is 0.0472. The fourth-order valence-corrected chi connectivity index (χ4v) is 4.38. The van der Waals surface area contributed by atoms with Crippen molar-refractivity contribution in [3.05, 3.63) is 71.0 Å². The largest absolute Gasteiger partial charge is 0.379 e. The quantitative estimate of drug-likeness (QED) is 0.572. The van der Waals surface area contributed by atoms with E-state index in [-0.39, 0.29) is 18.0 Å². The second-order valence-corrected chi connectivity index (χ2v) is 8.45. The summed E-state index contributed by atoms with van der Waals surface area (Å²) in [5, 5.41) is 3.55. The van der Waals surface area contributed by atoms with E-state index in [1.54, 1.807) is 12.1 Å². The zero-order valence-electron chi connectivity index (χ0n) is 19.0. The molecule has 0 aromatic heterocycles. The minimum atomic E-state index is -0.234. The highest BCUT2D eigenvalue weighted by Gasteiger charge is 2.28. The average molecular weight is 441 g/mol. The van der Waals surface area contributed by atoms with Crippen LogP contribution in [0.2, 0.25) is 0 Å². The lowest BCUT2D eigenvalue weighted by Crippen LogP contribution is -2.50. The van der Waals surface area contributed by atoms with Crippen molar-refractivity contribution in [3.63, 3.8) is 0 Å². The number of morpholine rings is 2. The summed E-state index contributed by atoms with van der Waals surface area (Å²) in [5.74, 6) is 0.621. The molecule has 2 fully saturated rings. The Hall–Kier alpha value is -2.48. The maximum Gasteiger partial charge on any atom is 0.194 e. The van der Waals surface area contributed by atoms with Gasteiger partial charge in [0.15, 0.2) is 5.96 Å². The van der Waals surface area contributed by atoms with Crippen molar-refractivity contribution in [1.82, 2.24) is 15.1 Å². The topological polar surface area (TPSA) is 49.3 Å². The van der Waals surface area contributed by atoms with Gasteiger partial charge >= 0.3 is 0 Å². The smallest absolute Gasteiger partial charge is 0.194 e. The van der Waals surface area contributed by atoms with E-state index in [0.717, 1.165) is 50.9 Å². The Morgan fingerprint density at radius 2 is 1.78 bits per heavy atom. The van der Waals surface area contributed by atoms with Gasteiger partial charge in [-0.05, 0) is 35.7 Å². The lowest BCUT2D eigenvalue weighted by atomic mass is 10.1. The van der Waals surface area contributed by atoms with Crippen LogP contribution in [0.4, 0.5) is 4.39 Å². The third kappa shape index (κ3) is 5.85. The van der Waals surface area contributed by atoms with Crippen LogP contribution in [0.5, 0.6) is 0 Å². The van der Waals surface area contributed by atoms with Crippen molar-refractivity contribution in [3.8, 4) is 0 Å². The summed E-state index contributed by atoms with van der Waals surface area (Å²) >= 11 is 0. The first-order chi connectivity index (χ1) is 15.6. The van der Waals surface area contributed by atoms with Crippen LogP contribution in [0.15, 0.2) is 53.5 Å². The maximum absolute atomic E-state index is 13.3. The second kappa shape index (κ2) is 10.9. The number of ether oxygens (including phenoxy) is 2. The third-order valence-electron chi connectivity index (χ3n) is 6.07. The zero-order valence-corrected chi connectivity index (χ0v) is 19.0. The van der Waals surface area contributed by atoms with Gasteiger partial charge < -0.3 is 19.7 Å². The zero-order chi connectivity index (χ0) is 22.3. The Morgan fingerprint density at radius 1 is 1.06 bits per heavy atom. The molecule has 2 atom stereocenters. The summed E-state index contributed by atoms with van der Waals surface area (Å²) in [6.07, 6.45) is -0.0718. The van der Waals surface area contributed by atoms with E-state index < -0.39 is 0 Å². The maximum atomic E-state index is 13.3. The van der Waals surface area contributed by atoms with Crippen LogP contribution in [0.1, 0.15) is 29.7 Å². The second-order valence-electron chi connectivity index (χ2n) is 8.45. The molecule has 7 heteroatoms. The van der Waals surface area contributed by atoms with Crippen molar-refractivity contribution in [1.29, 1.82) is 0 Å². The molecule has 4 rings (SSSR count). The van der Waals surface area contributed by atoms with Gasteiger partial charge in [-0.2, -0.15) is 0 Å². The Balaban J connectivity index is 1.40. The molecule has 2 aliphatic rings. The summed E-state index contributed by atoms with van der Waals surface area (Å²) in [4.78, 5) is 9.21. The Morgan fingerprint density at radius 3 is 2.50 bits per heavy atom. The molecular weight excluding hydrogens is 407 g/mol. The van der Waals surface area contributed by atoms with Crippen molar-refractivity contribution < 1.29 is 13.9 Å². The highest BCUT2D eigenvalue weighted by Crippen LogP contribution is 2.25. The molecule has 0 aliphatic carbocycles. The molecule has 2 unspecified atom stereocenters. The van der Waals surface area contributed by atoms with E-state index in [9.17, 15) is 4.39 Å². The summed E-state index contributed by atoms with van der Waals surface area (Å²) in [6, 6.07) is 15.1. The first-order valence-corrected chi connectivity index (χ1v) is 11.4. The number of hydrogen-bond donors (Lipinski definition) is 1. The van der Waals surface area contributed by atoms with Crippen molar-refractivity contribution >= 4 is 5.96 Å². The summed E-state index contributed by atoms with van der Waals surface area (Å²) in [5.41, 5.74) is 3.59. The van der Waals surface area contributed by atoms with Gasteiger partial charge in [-0.1, -0.05) is 36.4 Å². The first kappa shape index (κ1) is 22.7. The number of halogens is 1. The van der Waals surface area contributed by atoms with Crippen LogP contribution in [-0.4, -0.2) is 68.3 Å². The molecule has 32 heavy (non-hydrogen) atoms. The Bertz CT molecular complexity index is 899. The third-order valence-corrected chi connectivity index (χ3v) is 6.07. The molecule has 0 bridgehead atoms. The Kier molecular flexibility index (Phi) is 7.73. The Labute approximate surface area is 190 Å². The van der Waals surface area contributed by atoms with Crippen LogP contribution in [0, 0.1) is 5.82 Å². The van der Waals surface area contributed by atoms with Crippen LogP contribution >= 0.6 is 0 Å². The van der Waals surface area contributed by atoms with Crippen LogP contribution in [0.3, 0.4) is 0 Å². The fourth-order valence-electron chi connectivity index (χ4n) is 4.38. The number of nitrogens with one attached hydrogen (secondary N) is 1. The van der Waals surface area contributed by atoms with E-state index in [1.165, 1.54) is 23.3 Å². The number of aliphatic imine (C=N–C) groups is 1. The molecule has 0 saturated carbocycles. The van der Waals surface area contributed by atoms with Crippen molar-refractivity contribution in [2.75, 3.05) is 46.4 Å². The van der Waals surface area contributed by atoms with Gasteiger partial charge in [-0.3, -0.25) is 9.89 Å². The molecule has 1 N–H and O–H groups in total. The fraction of sp³-hybridized carbons (Fsp3) is 0.480. The summed E-state index contributed by atoms with van der Waals surface area (Å²) < 4.78 is 25.0. The molecule has 2 saturated heterocycles. The standard InChI is InChI=1S/C25H33FN4O2/c1-19-16-30(18-24(32-19)20-7-9-23(26)10-8-20)25(27-2)28-15-21-5-3-4-6-22(21)17-29-11-13-31-14-12-29/h3-10,19,24H,11-18H2,1-2H3,(H,27,28). The molecule has 0 spiro atoms. The normalized spacial score (nSPS) is 22.7. The molecule has 2 heterocycles. The van der Waals surface area contributed by atoms with Crippen LogP contribution in [-0.2, 0) is 22.6 Å². The number of nitrogens with zero attached hydrogens (tertiary/aromatic N) is 3. The number of guanidine groups is 1. The molecule has 2 aromatic rings. The van der Waals surface area contributed by atoms with Crippen molar-refractivity contribution in [2.24, 2.45) is 4.99 Å². The molecule has 2 aromatic carbocycles. The molecule has 0 radical (unpaired) electrons. The lowest BCUT2D eigenvalue weighted by molar-refractivity contribution is -0.0605. The van der Waals surface area contributed by atoms with Crippen molar-refractivity contribution in [2.45, 2.75) is 32.2 Å². The SMILES string of the molecule is CN=C(NCc1ccccc1CN1CCOCC1)N1CC(C)OC(c2ccc(F)cc2)C1. The number of benzene rings is 2. The van der Waals surface area contributed by atoms with E-state index >= 15 is 0 Å². The van der Waals surface area contributed by atoms with E-state index in [4.69, 9.17) is 9.47 Å². The monoisotopic (exact) mass is 440 g/mol. The van der Waals surface area contributed by atoms with Gasteiger partial charge in [-0.25, -0.2) is 4.39 Å². The molecular formula is C25H33FN4O2. The minimum Gasteiger partial charge on any atom is -0.379 e. The van der Waals surface area contributed by atoms with Gasteiger partial charge in [0.25, 0.3) is 0 Å². The molecule has 6 nitrogen and oxygen atoms in total. The summed E-state index contributed by atoms with van der Waals surface area (Å²) in [6.45, 7) is 8.68. The van der Waals surface area contributed by atoms with Gasteiger partial charge in [-0.15, -0.1) is 0 Å². The van der Waals surface area contributed by atoms with E-state index in [2.05, 4.69) is 51.3 Å². The number of rotatable bonds is 5. The molecule has 172 valence electrons. The van der Waals surface area contributed by atoms with Crippen LogP contribution < -0.4 is 5.32 Å². The van der Waals surface area contributed by atoms with Gasteiger partial charge in [0, 0.05) is 39.8 Å². The predicted octanol–water partition coefficient (Wildman–Crippen LogP) is 3.20. The summed E-state index contributed by atoms with van der Waals surface area (Å²) in [7, 11) is 1.81. The first-order valence-electron chi connectivity index (χ1n) is 11.4. The molecule has 2 aliphatic heterocycles.